The number of carboxylic acid groups (broad SMARTS) is 1. The predicted molar refractivity (Wildman–Crippen MR) is 166 cm³/mol. The van der Waals surface area contributed by atoms with Crippen LogP contribution in [0.3, 0.4) is 0 Å². The highest BCUT2D eigenvalue weighted by Crippen LogP contribution is 2.25. The summed E-state index contributed by atoms with van der Waals surface area (Å²) in [5.74, 6) is 1.64. The molecule has 0 radical (unpaired) electrons. The molecule has 0 spiro atoms. The minimum atomic E-state index is -2.42. The molecule has 0 saturated carbocycles. The van der Waals surface area contributed by atoms with Crippen molar-refractivity contribution < 1.29 is 27.8 Å². The van der Waals surface area contributed by atoms with E-state index in [2.05, 4.69) is 43.9 Å². The fourth-order valence-corrected chi connectivity index (χ4v) is 3.55. The zero-order chi connectivity index (χ0) is 31.8. The molecule has 1 aromatic heterocycles. The summed E-state index contributed by atoms with van der Waals surface area (Å²) in [6.45, 7) is 17.9. The van der Waals surface area contributed by atoms with Crippen molar-refractivity contribution in [2.24, 2.45) is 11.8 Å². The number of ether oxygens (including phenoxy) is 1. The maximum atomic E-state index is 12.2. The molecular formula is C33H49F3N2O3. The van der Waals surface area contributed by atoms with E-state index in [0.717, 1.165) is 37.4 Å². The number of allylic oxidation sites excluding steroid dienone is 2. The van der Waals surface area contributed by atoms with E-state index in [-0.39, 0.29) is 5.56 Å². The summed E-state index contributed by atoms with van der Waals surface area (Å²) < 4.78 is 38.8. The lowest BCUT2D eigenvalue weighted by atomic mass is 9.88. The number of methoxy groups -OCH3 is 1. The number of hydrogen-bond donors (Lipinski definition) is 2. The van der Waals surface area contributed by atoms with Crippen LogP contribution < -0.4 is 4.74 Å². The summed E-state index contributed by atoms with van der Waals surface area (Å²) in [7, 11) is 2.18. The van der Waals surface area contributed by atoms with E-state index in [1.165, 1.54) is 48.9 Å². The molecule has 5 nitrogen and oxygen atoms in total. The van der Waals surface area contributed by atoms with Gasteiger partial charge in [-0.2, -0.15) is 0 Å². The lowest BCUT2D eigenvalue weighted by Gasteiger charge is -2.18. The number of halogens is 3. The van der Waals surface area contributed by atoms with Crippen molar-refractivity contribution in [2.45, 2.75) is 73.1 Å². The summed E-state index contributed by atoms with van der Waals surface area (Å²) in [5.41, 5.74) is 4.03. The van der Waals surface area contributed by atoms with Crippen molar-refractivity contribution in [2.75, 3.05) is 14.3 Å². The van der Waals surface area contributed by atoms with Gasteiger partial charge in [-0.1, -0.05) is 63.6 Å². The lowest BCUT2D eigenvalue weighted by molar-refractivity contribution is -0.134. The van der Waals surface area contributed by atoms with E-state index in [9.17, 15) is 13.2 Å². The Bertz CT molecular complexity index is 1110. The van der Waals surface area contributed by atoms with Crippen LogP contribution in [-0.4, -0.2) is 35.3 Å². The van der Waals surface area contributed by atoms with Crippen LogP contribution >= 0.6 is 0 Å². The third kappa shape index (κ3) is 20.0. The van der Waals surface area contributed by atoms with Crippen molar-refractivity contribution in [3.8, 4) is 5.75 Å². The molecule has 2 aromatic carbocycles. The number of hydrogen-bond acceptors (Lipinski definition) is 3. The molecule has 0 aliphatic heterocycles. The second-order valence-corrected chi connectivity index (χ2v) is 9.58. The van der Waals surface area contributed by atoms with Gasteiger partial charge in [0.2, 0.25) is 0 Å². The Balaban J connectivity index is 0. The molecule has 41 heavy (non-hydrogen) atoms. The Kier molecular flexibility index (Phi) is 23.4. The minimum absolute atomic E-state index is 0.0201. The molecule has 0 aliphatic carbocycles. The summed E-state index contributed by atoms with van der Waals surface area (Å²) in [6.07, 6.45) is 7.13. The number of aryl methyl sites for hydroxylation is 1. The van der Waals surface area contributed by atoms with Gasteiger partial charge < -0.3 is 14.8 Å². The van der Waals surface area contributed by atoms with Gasteiger partial charge in [-0.25, -0.2) is 13.8 Å². The third-order valence-electron chi connectivity index (χ3n) is 5.75. The summed E-state index contributed by atoms with van der Waals surface area (Å²) >= 11 is 0. The molecule has 3 aromatic rings. The number of benzene rings is 2. The van der Waals surface area contributed by atoms with Crippen LogP contribution in [0.25, 0.3) is 11.0 Å². The number of aromatic nitrogens is 2. The van der Waals surface area contributed by atoms with Crippen LogP contribution in [-0.2, 0) is 4.79 Å². The van der Waals surface area contributed by atoms with Crippen molar-refractivity contribution in [1.29, 1.82) is 0 Å². The monoisotopic (exact) mass is 578 g/mol. The molecule has 0 bridgehead atoms. The van der Waals surface area contributed by atoms with Crippen LogP contribution in [0.5, 0.6) is 5.75 Å². The first kappa shape index (κ1) is 39.6. The minimum Gasteiger partial charge on any atom is -0.497 e. The van der Waals surface area contributed by atoms with Gasteiger partial charge >= 0.3 is 0 Å². The number of rotatable bonds is 10. The fraction of sp³-hybridized carbons (Fsp3) is 0.455. The van der Waals surface area contributed by atoms with E-state index in [1.807, 2.05) is 37.3 Å². The van der Waals surface area contributed by atoms with Gasteiger partial charge in [-0.3, -0.25) is 9.18 Å². The highest BCUT2D eigenvalue weighted by Gasteiger charge is 2.10. The van der Waals surface area contributed by atoms with Crippen molar-refractivity contribution >= 4 is 17.0 Å². The van der Waals surface area contributed by atoms with E-state index in [4.69, 9.17) is 14.6 Å². The summed E-state index contributed by atoms with van der Waals surface area (Å²) in [5, 5.41) is 7.42. The lowest BCUT2D eigenvalue weighted by Crippen LogP contribution is -2.04. The topological polar surface area (TPSA) is 75.2 Å². The summed E-state index contributed by atoms with van der Waals surface area (Å²) in [4.78, 5) is 15.7. The van der Waals surface area contributed by atoms with Gasteiger partial charge in [-0.15, -0.1) is 6.58 Å². The first-order valence-electron chi connectivity index (χ1n) is 13.6. The van der Waals surface area contributed by atoms with E-state index in [0.29, 0.717) is 18.2 Å². The highest BCUT2D eigenvalue weighted by atomic mass is 19.3. The number of nitrogens with one attached hydrogen (secondary N) is 1. The zero-order valence-electron chi connectivity index (χ0n) is 25.7. The Morgan fingerprint density at radius 1 is 1.15 bits per heavy atom. The van der Waals surface area contributed by atoms with Gasteiger partial charge in [-0.05, 0) is 74.3 Å². The Labute approximate surface area is 244 Å². The molecule has 2 N–H and O–H groups in total. The van der Waals surface area contributed by atoms with Crippen LogP contribution in [0, 0.1) is 18.8 Å². The number of H-pyrrole nitrogens is 1. The van der Waals surface area contributed by atoms with Crippen molar-refractivity contribution in [1.82, 2.24) is 9.97 Å². The number of carbonyl (C=O) groups is 1. The average molecular weight is 579 g/mol. The maximum absolute atomic E-state index is 12.2. The Hall–Kier alpha value is -3.55. The van der Waals surface area contributed by atoms with Crippen LogP contribution in [0.1, 0.15) is 77.4 Å². The quantitative estimate of drug-likeness (QED) is 0.235. The number of carboxylic acids is 1. The van der Waals surface area contributed by atoms with Crippen LogP contribution in [0.15, 0.2) is 73.6 Å². The molecule has 8 heteroatoms. The SMILES string of the molecule is C=CCCC(=C)C(CC)CCC(C)C.CC(=O)O.CF.COc1cccc(C)c1.FC(F)c1ccc2nc[nH]c2c1. The van der Waals surface area contributed by atoms with Crippen LogP contribution in [0.4, 0.5) is 13.2 Å². The molecule has 230 valence electrons. The first-order valence-corrected chi connectivity index (χ1v) is 13.6. The van der Waals surface area contributed by atoms with Crippen molar-refractivity contribution in [3.05, 3.63) is 84.7 Å². The normalized spacial score (nSPS) is 10.4. The van der Waals surface area contributed by atoms with Gasteiger partial charge in [0.15, 0.2) is 0 Å². The van der Waals surface area contributed by atoms with E-state index < -0.39 is 12.4 Å². The number of alkyl halides is 3. The van der Waals surface area contributed by atoms with Crippen molar-refractivity contribution in [3.63, 3.8) is 0 Å². The zero-order valence-corrected chi connectivity index (χ0v) is 25.7. The molecule has 1 atom stereocenters. The number of fused-ring (bicyclic) bond motifs is 1. The second-order valence-electron chi connectivity index (χ2n) is 9.58. The summed E-state index contributed by atoms with van der Waals surface area (Å²) in [6, 6.07) is 12.3. The molecule has 0 amide bonds. The molecule has 3 rings (SSSR count). The van der Waals surface area contributed by atoms with Gasteiger partial charge in [0, 0.05) is 12.5 Å². The smallest absolute Gasteiger partial charge is 0.300 e. The second kappa shape index (κ2) is 24.3. The molecule has 0 fully saturated rings. The third-order valence-corrected chi connectivity index (χ3v) is 5.75. The number of aromatic amines is 1. The maximum Gasteiger partial charge on any atom is 0.300 e. The Morgan fingerprint density at radius 2 is 1.78 bits per heavy atom. The highest BCUT2D eigenvalue weighted by molar-refractivity contribution is 5.75. The average Bonchev–Trinajstić information content (AvgIpc) is 3.42. The fourth-order valence-electron chi connectivity index (χ4n) is 3.55. The van der Waals surface area contributed by atoms with Gasteiger partial charge in [0.05, 0.1) is 31.6 Å². The number of aliphatic carboxylic acids is 1. The first-order chi connectivity index (χ1) is 19.4. The number of imidazole rings is 1. The van der Waals surface area contributed by atoms with E-state index >= 15 is 0 Å². The van der Waals surface area contributed by atoms with Gasteiger partial charge in [0.1, 0.15) is 5.75 Å². The van der Waals surface area contributed by atoms with E-state index in [1.54, 1.807) is 13.2 Å². The number of nitrogens with zero attached hydrogens (tertiary/aromatic N) is 1. The largest absolute Gasteiger partial charge is 0.497 e. The Morgan fingerprint density at radius 3 is 2.24 bits per heavy atom. The molecule has 0 saturated heterocycles. The molecule has 1 heterocycles. The van der Waals surface area contributed by atoms with Crippen LogP contribution in [0.2, 0.25) is 0 Å². The predicted octanol–water partition coefficient (Wildman–Crippen LogP) is 10.2. The standard InChI is InChI=1S/C14H26.C8H6F2N2.C8H10O.C2H4O2.CH3F/c1-6-8-9-13(5)14(7-2)11-10-12(3)4;9-8(10)5-1-2-6-7(3-5)12-4-11-6;1-7-4-3-5-8(6-7)9-2;1-2(3)4;1-2/h6,12,14H,1,5,7-11H2,2-4H3;1-4,8H,(H,11,12);3-6H,1-2H3;1H3,(H,3,4);1H3. The molecule has 0 aliphatic rings. The molecular weight excluding hydrogens is 529 g/mol. The molecule has 1 unspecified atom stereocenters. The van der Waals surface area contributed by atoms with Gasteiger partial charge in [0.25, 0.3) is 12.4 Å².